The van der Waals surface area contributed by atoms with Gasteiger partial charge in [-0.3, -0.25) is 0 Å². The van der Waals surface area contributed by atoms with Crippen LogP contribution in [0.3, 0.4) is 0 Å². The molecule has 4 aromatic carbocycles. The third-order valence-electron chi connectivity index (χ3n) is 7.52. The first kappa shape index (κ1) is 27.4. The molecule has 1 aliphatic rings. The molecule has 1 aliphatic carbocycles. The standard InChI is InChI=1S/C32H28Br2O2P2/c1-31(34)24-30(37(35,25-15-7-3-8-16-25)26-17-9-4-10-18-26)29(33)23-32(31,2)38(36,27-19-11-5-12-20-27)28-21-13-6-14-22-28/h3-24H,1-2H3. The van der Waals surface area contributed by atoms with Crippen molar-refractivity contribution in [3.8, 4) is 0 Å². The highest BCUT2D eigenvalue weighted by molar-refractivity contribution is 9.12. The summed E-state index contributed by atoms with van der Waals surface area (Å²) >= 11 is 7.84. The molecule has 0 radical (unpaired) electrons. The zero-order chi connectivity index (χ0) is 27.0. The van der Waals surface area contributed by atoms with E-state index in [4.69, 9.17) is 0 Å². The van der Waals surface area contributed by atoms with Crippen LogP contribution in [0.1, 0.15) is 13.8 Å². The molecule has 0 spiro atoms. The molecule has 2 atom stereocenters. The van der Waals surface area contributed by atoms with Crippen molar-refractivity contribution in [2.75, 3.05) is 0 Å². The molecule has 0 saturated carbocycles. The summed E-state index contributed by atoms with van der Waals surface area (Å²) in [6, 6.07) is 38.6. The Morgan fingerprint density at radius 3 is 1.26 bits per heavy atom. The molecule has 0 saturated heterocycles. The highest BCUT2D eigenvalue weighted by atomic mass is 79.9. The first-order chi connectivity index (χ1) is 18.1. The van der Waals surface area contributed by atoms with E-state index < -0.39 is 23.8 Å². The van der Waals surface area contributed by atoms with Crippen molar-refractivity contribution in [3.05, 3.63) is 143 Å². The van der Waals surface area contributed by atoms with Gasteiger partial charge < -0.3 is 9.13 Å². The van der Waals surface area contributed by atoms with E-state index in [2.05, 4.69) is 31.9 Å². The molecule has 0 amide bonds. The smallest absolute Gasteiger partial charge is 0.171 e. The van der Waals surface area contributed by atoms with Crippen LogP contribution in [-0.2, 0) is 9.13 Å². The summed E-state index contributed by atoms with van der Waals surface area (Å²) in [5, 5.41) is 2.88. The van der Waals surface area contributed by atoms with Gasteiger partial charge >= 0.3 is 0 Å². The lowest BCUT2D eigenvalue weighted by Crippen LogP contribution is -2.49. The normalized spacial score (nSPS) is 21.9. The largest absolute Gasteiger partial charge is 0.313 e. The number of hydrogen-bond acceptors (Lipinski definition) is 2. The monoisotopic (exact) mass is 664 g/mol. The quantitative estimate of drug-likeness (QED) is 0.154. The molecule has 192 valence electrons. The molecule has 0 N–H and O–H groups in total. The SMILES string of the molecule is CC1(Br)C=C(P(=O)(c2ccccc2)c2ccccc2)C(Br)=CC1(C)P(=O)(c1ccccc1)c1ccccc1. The predicted molar refractivity (Wildman–Crippen MR) is 170 cm³/mol. The predicted octanol–water partition coefficient (Wildman–Crippen LogP) is 8.10. The lowest BCUT2D eigenvalue weighted by Gasteiger charge is -2.48. The van der Waals surface area contributed by atoms with Crippen LogP contribution >= 0.6 is 46.1 Å². The van der Waals surface area contributed by atoms with Crippen molar-refractivity contribution in [3.63, 3.8) is 0 Å². The summed E-state index contributed by atoms with van der Waals surface area (Å²) in [4.78, 5) is 0. The molecule has 0 heterocycles. The van der Waals surface area contributed by atoms with Crippen LogP contribution < -0.4 is 21.2 Å². The van der Waals surface area contributed by atoms with E-state index >= 15 is 9.13 Å². The lowest BCUT2D eigenvalue weighted by atomic mass is 9.90. The highest BCUT2D eigenvalue weighted by Crippen LogP contribution is 2.69. The minimum atomic E-state index is -3.28. The number of rotatable bonds is 6. The lowest BCUT2D eigenvalue weighted by molar-refractivity contribution is 0.545. The number of benzene rings is 4. The van der Waals surface area contributed by atoms with E-state index in [1.807, 2.05) is 147 Å². The van der Waals surface area contributed by atoms with Gasteiger partial charge in [-0.1, -0.05) is 165 Å². The molecule has 2 nitrogen and oxygen atoms in total. The van der Waals surface area contributed by atoms with Gasteiger partial charge in [0, 0.05) is 31.0 Å². The topological polar surface area (TPSA) is 34.1 Å². The van der Waals surface area contributed by atoms with E-state index in [0.29, 0.717) is 9.80 Å². The molecule has 0 aromatic heterocycles. The summed E-state index contributed by atoms with van der Waals surface area (Å²) in [6.07, 6.45) is 4.05. The molecule has 0 fully saturated rings. The van der Waals surface area contributed by atoms with Crippen molar-refractivity contribution in [1.82, 2.24) is 0 Å². The zero-order valence-electron chi connectivity index (χ0n) is 21.2. The summed E-state index contributed by atoms with van der Waals surface area (Å²) in [5.41, 5.74) is 0. The number of alkyl halides is 1. The average molecular weight is 666 g/mol. The Hall–Kier alpha value is -2.22. The van der Waals surface area contributed by atoms with Gasteiger partial charge in [-0.25, -0.2) is 0 Å². The van der Waals surface area contributed by atoms with Crippen LogP contribution in [0, 0.1) is 0 Å². The molecule has 0 aliphatic heterocycles. The second-order valence-electron chi connectivity index (χ2n) is 9.81. The minimum Gasteiger partial charge on any atom is -0.313 e. The van der Waals surface area contributed by atoms with Gasteiger partial charge in [0.2, 0.25) is 0 Å². The second-order valence-corrected chi connectivity index (χ2v) is 18.2. The Morgan fingerprint density at radius 1 is 0.553 bits per heavy atom. The Morgan fingerprint density at radius 2 is 0.895 bits per heavy atom. The molecular formula is C32H28Br2O2P2. The van der Waals surface area contributed by atoms with Gasteiger partial charge in [0.1, 0.15) is 0 Å². The third kappa shape index (κ3) is 4.31. The summed E-state index contributed by atoms with van der Waals surface area (Å²) < 4.78 is 30.7. The maximum atomic E-state index is 15.6. The fourth-order valence-corrected chi connectivity index (χ4v) is 14.4. The van der Waals surface area contributed by atoms with Crippen LogP contribution in [0.5, 0.6) is 0 Å². The number of allylic oxidation sites excluding steroid dienone is 4. The number of halogens is 2. The van der Waals surface area contributed by atoms with Crippen molar-refractivity contribution in [2.45, 2.75) is 23.3 Å². The summed E-state index contributed by atoms with van der Waals surface area (Å²) in [6.45, 7) is 4.06. The Bertz CT molecular complexity index is 1510. The van der Waals surface area contributed by atoms with Gasteiger partial charge in [0.25, 0.3) is 0 Å². The van der Waals surface area contributed by atoms with E-state index in [1.165, 1.54) is 0 Å². The second kappa shape index (κ2) is 10.4. The Kier molecular flexibility index (Phi) is 7.48. The van der Waals surface area contributed by atoms with E-state index in [-0.39, 0.29) is 0 Å². The van der Waals surface area contributed by atoms with Crippen molar-refractivity contribution in [2.24, 2.45) is 0 Å². The summed E-state index contributed by atoms with van der Waals surface area (Å²) in [5.74, 6) is 0. The molecule has 0 bridgehead atoms. The van der Waals surface area contributed by atoms with Gasteiger partial charge in [-0.05, 0) is 13.8 Å². The first-order valence-electron chi connectivity index (χ1n) is 12.4. The maximum Gasteiger partial charge on any atom is 0.171 e. The summed E-state index contributed by atoms with van der Waals surface area (Å²) in [7, 11) is -6.54. The van der Waals surface area contributed by atoms with E-state index in [1.54, 1.807) is 0 Å². The molecule has 5 rings (SSSR count). The fourth-order valence-electron chi connectivity index (χ4n) is 5.24. The van der Waals surface area contributed by atoms with E-state index in [0.717, 1.165) is 21.2 Å². The van der Waals surface area contributed by atoms with Gasteiger partial charge in [-0.2, -0.15) is 0 Å². The zero-order valence-corrected chi connectivity index (χ0v) is 26.1. The molecule has 6 heteroatoms. The molecule has 2 unspecified atom stereocenters. The van der Waals surface area contributed by atoms with Crippen molar-refractivity contribution in [1.29, 1.82) is 0 Å². The first-order valence-corrected chi connectivity index (χ1v) is 17.4. The molecular weight excluding hydrogens is 638 g/mol. The number of hydrogen-bond donors (Lipinski definition) is 0. The van der Waals surface area contributed by atoms with Gasteiger partial charge in [-0.15, -0.1) is 0 Å². The fraction of sp³-hybridized carbons (Fsp3) is 0.125. The van der Waals surface area contributed by atoms with Crippen LogP contribution in [-0.4, -0.2) is 9.48 Å². The minimum absolute atomic E-state index is 0.694. The molecule has 4 aromatic rings. The van der Waals surface area contributed by atoms with Crippen LogP contribution in [0.15, 0.2) is 143 Å². The third-order valence-corrected chi connectivity index (χ3v) is 16.9. The van der Waals surface area contributed by atoms with E-state index in [9.17, 15) is 0 Å². The Balaban J connectivity index is 1.77. The van der Waals surface area contributed by atoms with Gasteiger partial charge in [0.05, 0.1) is 9.48 Å². The average Bonchev–Trinajstić information content (AvgIpc) is 2.96. The van der Waals surface area contributed by atoms with Crippen molar-refractivity contribution >= 4 is 67.4 Å². The van der Waals surface area contributed by atoms with Crippen LogP contribution in [0.25, 0.3) is 0 Å². The van der Waals surface area contributed by atoms with Gasteiger partial charge in [0.15, 0.2) is 14.3 Å². The van der Waals surface area contributed by atoms with Crippen LogP contribution in [0.4, 0.5) is 0 Å². The molecule has 38 heavy (non-hydrogen) atoms. The highest BCUT2D eigenvalue weighted by Gasteiger charge is 2.57. The van der Waals surface area contributed by atoms with Crippen molar-refractivity contribution < 1.29 is 9.13 Å². The van der Waals surface area contributed by atoms with Crippen LogP contribution in [0.2, 0.25) is 0 Å². The Labute approximate surface area is 241 Å². The maximum absolute atomic E-state index is 15.6.